The molecule has 0 fully saturated rings. The molecule has 11 heteroatoms. The van der Waals surface area contributed by atoms with Gasteiger partial charge in [0.25, 0.3) is 5.91 Å². The molecule has 1 aliphatic heterocycles. The Bertz CT molecular complexity index is 1100. The number of hydrogen-bond donors (Lipinski definition) is 1. The minimum atomic E-state index is -4.58. The van der Waals surface area contributed by atoms with Gasteiger partial charge in [-0.1, -0.05) is 11.6 Å². The number of carbonyl (C=O) groups excluding carboxylic acids is 1. The molecule has 0 bridgehead atoms. The van der Waals surface area contributed by atoms with Gasteiger partial charge in [-0.3, -0.25) is 4.79 Å². The molecule has 0 aliphatic carbocycles. The van der Waals surface area contributed by atoms with E-state index in [2.05, 4.69) is 15.0 Å². The van der Waals surface area contributed by atoms with Crippen LogP contribution in [0.4, 0.5) is 17.6 Å². The van der Waals surface area contributed by atoms with Crippen molar-refractivity contribution in [2.24, 2.45) is 0 Å². The summed E-state index contributed by atoms with van der Waals surface area (Å²) in [6.07, 6.45) is -3.47. The summed E-state index contributed by atoms with van der Waals surface area (Å²) in [7, 11) is 0. The zero-order valence-corrected chi connectivity index (χ0v) is 15.5. The van der Waals surface area contributed by atoms with Crippen LogP contribution in [0.15, 0.2) is 12.3 Å². The van der Waals surface area contributed by atoms with Crippen LogP contribution in [-0.4, -0.2) is 36.9 Å². The molecule has 3 aromatic rings. The number of H-pyrrole nitrogens is 1. The number of benzene rings is 1. The SMILES string of the molecule is Cc1c(Cl)cc(F)c2nc(C(=O)N3Cc4cnc(C(F)(F)F)n4[C@H](C)C3)[nH]c12. The van der Waals surface area contributed by atoms with E-state index in [1.54, 1.807) is 13.8 Å². The number of nitrogens with zero attached hydrogens (tertiary/aromatic N) is 4. The fourth-order valence-electron chi connectivity index (χ4n) is 3.51. The third-order valence-electron chi connectivity index (χ3n) is 4.81. The van der Waals surface area contributed by atoms with Gasteiger partial charge in [-0.25, -0.2) is 14.4 Å². The second-order valence-electron chi connectivity index (χ2n) is 6.75. The summed E-state index contributed by atoms with van der Waals surface area (Å²) < 4.78 is 54.5. The monoisotopic (exact) mass is 415 g/mol. The van der Waals surface area contributed by atoms with Gasteiger partial charge < -0.3 is 14.5 Å². The quantitative estimate of drug-likeness (QED) is 0.609. The maximum atomic E-state index is 14.1. The summed E-state index contributed by atoms with van der Waals surface area (Å²) in [6.45, 7) is 3.20. The first kappa shape index (κ1) is 18.7. The Morgan fingerprint density at radius 3 is 2.79 bits per heavy atom. The number of alkyl halides is 3. The topological polar surface area (TPSA) is 66.8 Å². The predicted octanol–water partition coefficient (Wildman–Crippen LogP) is 4.10. The summed E-state index contributed by atoms with van der Waals surface area (Å²) in [6, 6.07) is 0.484. The summed E-state index contributed by atoms with van der Waals surface area (Å²) >= 11 is 5.96. The average molecular weight is 416 g/mol. The van der Waals surface area contributed by atoms with Gasteiger partial charge in [-0.2, -0.15) is 13.2 Å². The summed E-state index contributed by atoms with van der Waals surface area (Å²) in [5, 5.41) is 0.197. The molecule has 1 aromatic carbocycles. The first-order valence-electron chi connectivity index (χ1n) is 8.34. The highest BCUT2D eigenvalue weighted by Crippen LogP contribution is 2.34. The largest absolute Gasteiger partial charge is 0.449 e. The zero-order valence-electron chi connectivity index (χ0n) is 14.7. The fraction of sp³-hybridized carbons (Fsp3) is 0.353. The van der Waals surface area contributed by atoms with Crippen LogP contribution in [0, 0.1) is 12.7 Å². The minimum absolute atomic E-state index is 0.0142. The Hall–Kier alpha value is -2.62. The fourth-order valence-corrected chi connectivity index (χ4v) is 3.70. The molecule has 1 amide bonds. The number of halogens is 5. The molecule has 2 aromatic heterocycles. The highest BCUT2D eigenvalue weighted by atomic mass is 35.5. The van der Waals surface area contributed by atoms with Crippen molar-refractivity contribution in [3.05, 3.63) is 46.0 Å². The van der Waals surface area contributed by atoms with Crippen molar-refractivity contribution in [3.63, 3.8) is 0 Å². The van der Waals surface area contributed by atoms with E-state index in [9.17, 15) is 22.4 Å². The van der Waals surface area contributed by atoms with E-state index < -0.39 is 29.8 Å². The molecule has 0 spiro atoms. The first-order chi connectivity index (χ1) is 13.1. The van der Waals surface area contributed by atoms with Gasteiger partial charge in [-0.15, -0.1) is 0 Å². The van der Waals surface area contributed by atoms with Crippen molar-refractivity contribution in [3.8, 4) is 0 Å². The molecule has 1 atom stereocenters. The number of amides is 1. The van der Waals surface area contributed by atoms with Crippen LogP contribution in [0.3, 0.4) is 0 Å². The molecule has 4 rings (SSSR count). The Balaban J connectivity index is 1.69. The van der Waals surface area contributed by atoms with Crippen molar-refractivity contribution in [2.75, 3.05) is 6.54 Å². The molecular weight excluding hydrogens is 402 g/mol. The van der Waals surface area contributed by atoms with Crippen LogP contribution in [0.1, 0.15) is 40.7 Å². The van der Waals surface area contributed by atoms with Crippen LogP contribution < -0.4 is 0 Å². The van der Waals surface area contributed by atoms with Crippen LogP contribution in [0.2, 0.25) is 5.02 Å². The molecule has 1 aliphatic rings. The van der Waals surface area contributed by atoms with Gasteiger partial charge in [-0.05, 0) is 25.5 Å². The predicted molar refractivity (Wildman–Crippen MR) is 92.5 cm³/mol. The van der Waals surface area contributed by atoms with E-state index in [-0.39, 0.29) is 35.1 Å². The number of nitrogens with one attached hydrogen (secondary N) is 1. The molecule has 0 saturated heterocycles. The second-order valence-corrected chi connectivity index (χ2v) is 7.16. The molecule has 28 heavy (non-hydrogen) atoms. The summed E-state index contributed by atoms with van der Waals surface area (Å²) in [5.41, 5.74) is 1.10. The number of carbonyl (C=O) groups is 1. The zero-order chi connectivity index (χ0) is 20.4. The number of rotatable bonds is 1. The van der Waals surface area contributed by atoms with E-state index >= 15 is 0 Å². The number of aromatic nitrogens is 4. The van der Waals surface area contributed by atoms with Gasteiger partial charge in [0.05, 0.1) is 30.0 Å². The van der Waals surface area contributed by atoms with Gasteiger partial charge >= 0.3 is 6.18 Å². The summed E-state index contributed by atoms with van der Waals surface area (Å²) in [5.74, 6) is -2.30. The minimum Gasteiger partial charge on any atom is -0.333 e. The molecule has 0 unspecified atom stereocenters. The van der Waals surface area contributed by atoms with Crippen LogP contribution in [0.5, 0.6) is 0 Å². The van der Waals surface area contributed by atoms with Gasteiger partial charge in [0.2, 0.25) is 5.82 Å². The summed E-state index contributed by atoms with van der Waals surface area (Å²) in [4.78, 5) is 24.5. The van der Waals surface area contributed by atoms with E-state index in [1.165, 1.54) is 4.90 Å². The molecule has 6 nitrogen and oxygen atoms in total. The molecular formula is C17H14ClF4N5O. The standard InChI is InChI=1S/C17H14ClF4N5O/c1-7-5-26(6-9-4-23-16(27(7)9)17(20,21)22)15(28)14-24-12-8(2)10(18)3-11(19)13(12)25-14/h3-4,7H,5-6H2,1-2H3,(H,24,25)/t7-/m1/s1. The lowest BCUT2D eigenvalue weighted by Gasteiger charge is -2.33. The molecule has 1 N–H and O–H groups in total. The molecule has 0 radical (unpaired) electrons. The first-order valence-corrected chi connectivity index (χ1v) is 8.72. The number of aromatic amines is 1. The second kappa shape index (κ2) is 6.20. The Morgan fingerprint density at radius 1 is 1.39 bits per heavy atom. The van der Waals surface area contributed by atoms with Gasteiger partial charge in [0.15, 0.2) is 11.6 Å². The molecule has 3 heterocycles. The normalized spacial score (nSPS) is 17.2. The van der Waals surface area contributed by atoms with Gasteiger partial charge in [0, 0.05) is 11.6 Å². The third-order valence-corrected chi connectivity index (χ3v) is 5.20. The number of fused-ring (bicyclic) bond motifs is 2. The van der Waals surface area contributed by atoms with E-state index in [0.717, 1.165) is 16.8 Å². The number of aryl methyl sites for hydroxylation is 1. The van der Waals surface area contributed by atoms with E-state index in [0.29, 0.717) is 11.1 Å². The lowest BCUT2D eigenvalue weighted by Crippen LogP contribution is -2.41. The Labute approximate surface area is 161 Å². The lowest BCUT2D eigenvalue weighted by molar-refractivity contribution is -0.148. The van der Waals surface area contributed by atoms with Crippen molar-refractivity contribution >= 4 is 28.5 Å². The van der Waals surface area contributed by atoms with Crippen LogP contribution >= 0.6 is 11.6 Å². The van der Waals surface area contributed by atoms with Crippen molar-refractivity contribution in [1.82, 2.24) is 24.4 Å². The molecule has 148 valence electrons. The van der Waals surface area contributed by atoms with Crippen molar-refractivity contribution in [1.29, 1.82) is 0 Å². The third kappa shape index (κ3) is 2.83. The van der Waals surface area contributed by atoms with Gasteiger partial charge in [0.1, 0.15) is 5.52 Å². The van der Waals surface area contributed by atoms with Crippen LogP contribution in [0.25, 0.3) is 11.0 Å². The highest BCUT2D eigenvalue weighted by molar-refractivity contribution is 6.32. The highest BCUT2D eigenvalue weighted by Gasteiger charge is 2.41. The maximum absolute atomic E-state index is 14.1. The maximum Gasteiger partial charge on any atom is 0.449 e. The Morgan fingerprint density at radius 2 is 2.11 bits per heavy atom. The average Bonchev–Trinajstić information content (AvgIpc) is 3.23. The van der Waals surface area contributed by atoms with Crippen molar-refractivity contribution in [2.45, 2.75) is 32.6 Å². The lowest BCUT2D eigenvalue weighted by atomic mass is 10.2. The smallest absolute Gasteiger partial charge is 0.333 e. The molecule has 0 saturated carbocycles. The van der Waals surface area contributed by atoms with Crippen molar-refractivity contribution < 1.29 is 22.4 Å². The number of imidazole rings is 2. The van der Waals surface area contributed by atoms with Crippen LogP contribution in [-0.2, 0) is 12.7 Å². The van der Waals surface area contributed by atoms with E-state index in [1.807, 2.05) is 0 Å². The Kier molecular flexibility index (Phi) is 4.14. The number of hydrogen-bond acceptors (Lipinski definition) is 3. The van der Waals surface area contributed by atoms with E-state index in [4.69, 9.17) is 11.6 Å².